The van der Waals surface area contributed by atoms with Crippen LogP contribution in [0, 0.1) is 0 Å². The predicted molar refractivity (Wildman–Crippen MR) is 47.6 cm³/mol. The molecule has 0 aromatic carbocycles. The van der Waals surface area contributed by atoms with Crippen LogP contribution >= 0.6 is 0 Å². The third kappa shape index (κ3) is 3.96. The van der Waals surface area contributed by atoms with E-state index in [4.69, 9.17) is 14.4 Å². The van der Waals surface area contributed by atoms with Crippen molar-refractivity contribution < 1.29 is 14.4 Å². The van der Waals surface area contributed by atoms with Gasteiger partial charge in [-0.1, -0.05) is 13.3 Å². The van der Waals surface area contributed by atoms with Crippen molar-refractivity contribution in [3.05, 3.63) is 18.7 Å². The van der Waals surface area contributed by atoms with Crippen molar-refractivity contribution in [2.24, 2.45) is 0 Å². The number of nitrogens with zero attached hydrogens (tertiary/aromatic N) is 2. The third-order valence-corrected chi connectivity index (χ3v) is 1.45. The van der Waals surface area contributed by atoms with E-state index in [1.165, 1.54) is 11.1 Å². The number of aromatic nitrogens is 2. The summed E-state index contributed by atoms with van der Waals surface area (Å²) in [6.07, 6.45) is 6.50. The SMILES string of the molecule is CCCCOB(O)On1ccnc1. The van der Waals surface area contributed by atoms with Crippen molar-refractivity contribution in [3.8, 4) is 0 Å². The Hall–Kier alpha value is -1.01. The van der Waals surface area contributed by atoms with Gasteiger partial charge in [-0.25, -0.2) is 4.98 Å². The van der Waals surface area contributed by atoms with Gasteiger partial charge in [0.1, 0.15) is 6.33 Å². The Morgan fingerprint density at radius 2 is 2.46 bits per heavy atom. The molecule has 72 valence electrons. The molecular weight excluding hydrogens is 171 g/mol. The first-order chi connectivity index (χ1) is 6.33. The van der Waals surface area contributed by atoms with Gasteiger partial charge < -0.3 is 14.4 Å². The molecule has 1 aromatic heterocycles. The van der Waals surface area contributed by atoms with E-state index in [0.29, 0.717) is 6.61 Å². The number of hydrogen-bond acceptors (Lipinski definition) is 4. The summed E-state index contributed by atoms with van der Waals surface area (Å²) in [5, 5.41) is 9.15. The molecule has 0 radical (unpaired) electrons. The summed E-state index contributed by atoms with van der Waals surface area (Å²) in [7, 11) is -1.22. The van der Waals surface area contributed by atoms with E-state index in [1.807, 2.05) is 6.92 Å². The highest BCUT2D eigenvalue weighted by Crippen LogP contribution is 1.90. The Kier molecular flexibility index (Phi) is 4.35. The van der Waals surface area contributed by atoms with Crippen LogP contribution in [0.4, 0.5) is 0 Å². The molecule has 1 heterocycles. The fourth-order valence-corrected chi connectivity index (χ4v) is 0.772. The minimum atomic E-state index is -1.22. The van der Waals surface area contributed by atoms with E-state index in [0.717, 1.165) is 12.8 Å². The summed E-state index contributed by atoms with van der Waals surface area (Å²) in [5.74, 6) is 0. The summed E-state index contributed by atoms with van der Waals surface area (Å²) in [6, 6.07) is 0. The van der Waals surface area contributed by atoms with E-state index >= 15 is 0 Å². The molecule has 6 heteroatoms. The predicted octanol–water partition coefficient (Wildman–Crippen LogP) is 0.106. The maximum atomic E-state index is 9.15. The van der Waals surface area contributed by atoms with Crippen LogP contribution in [0.5, 0.6) is 0 Å². The second kappa shape index (κ2) is 5.61. The molecule has 1 rings (SSSR count). The summed E-state index contributed by atoms with van der Waals surface area (Å²) >= 11 is 0. The van der Waals surface area contributed by atoms with Crippen molar-refractivity contribution >= 4 is 7.32 Å². The normalized spacial score (nSPS) is 10.0. The highest BCUT2D eigenvalue weighted by molar-refractivity contribution is 6.34. The molecule has 0 aliphatic heterocycles. The van der Waals surface area contributed by atoms with Crippen molar-refractivity contribution in [2.45, 2.75) is 19.8 Å². The second-order valence-corrected chi connectivity index (χ2v) is 2.56. The molecule has 0 unspecified atom stereocenters. The smallest absolute Gasteiger partial charge is 0.420 e. The summed E-state index contributed by atoms with van der Waals surface area (Å²) < 4.78 is 11.1. The Labute approximate surface area is 77.4 Å². The molecule has 0 fully saturated rings. The average molecular weight is 184 g/mol. The van der Waals surface area contributed by atoms with Crippen molar-refractivity contribution in [3.63, 3.8) is 0 Å². The van der Waals surface area contributed by atoms with Gasteiger partial charge in [0.05, 0.1) is 6.20 Å². The Balaban J connectivity index is 2.14. The minimum absolute atomic E-state index is 0.492. The largest absolute Gasteiger partial charge is 0.730 e. The lowest BCUT2D eigenvalue weighted by Gasteiger charge is -2.08. The van der Waals surface area contributed by atoms with Gasteiger partial charge >= 0.3 is 7.32 Å². The molecule has 0 aliphatic carbocycles. The van der Waals surface area contributed by atoms with Crippen LogP contribution in [0.2, 0.25) is 0 Å². The molecule has 5 nitrogen and oxygen atoms in total. The first-order valence-electron chi connectivity index (χ1n) is 4.27. The molecule has 0 bridgehead atoms. The van der Waals surface area contributed by atoms with Gasteiger partial charge in [0, 0.05) is 12.8 Å². The van der Waals surface area contributed by atoms with Gasteiger partial charge in [0.25, 0.3) is 0 Å². The van der Waals surface area contributed by atoms with E-state index in [-0.39, 0.29) is 0 Å². The standard InChI is InChI=1S/C7H13BN2O3/c1-2-3-6-12-8(11)13-10-5-4-9-7-10/h4-5,7,11H,2-3,6H2,1H3. The molecule has 0 aliphatic rings. The zero-order valence-electron chi connectivity index (χ0n) is 7.59. The van der Waals surface area contributed by atoms with Crippen LogP contribution < -0.4 is 4.76 Å². The number of unbranched alkanes of at least 4 members (excludes halogenated alkanes) is 1. The topological polar surface area (TPSA) is 56.5 Å². The van der Waals surface area contributed by atoms with E-state index in [9.17, 15) is 0 Å². The third-order valence-electron chi connectivity index (χ3n) is 1.45. The van der Waals surface area contributed by atoms with Gasteiger partial charge in [-0.15, -0.1) is 0 Å². The van der Waals surface area contributed by atoms with Gasteiger partial charge in [-0.2, -0.15) is 4.73 Å². The monoisotopic (exact) mass is 184 g/mol. The number of rotatable bonds is 6. The summed E-state index contributed by atoms with van der Waals surface area (Å²) in [4.78, 5) is 3.74. The lowest BCUT2D eigenvalue weighted by atomic mass is 10.2. The fraction of sp³-hybridized carbons (Fsp3) is 0.571. The minimum Gasteiger partial charge on any atom is -0.420 e. The lowest BCUT2D eigenvalue weighted by Crippen LogP contribution is -2.32. The molecule has 13 heavy (non-hydrogen) atoms. The van der Waals surface area contributed by atoms with Gasteiger partial charge in [-0.05, 0) is 6.42 Å². The second-order valence-electron chi connectivity index (χ2n) is 2.56. The van der Waals surface area contributed by atoms with E-state index in [2.05, 4.69) is 4.98 Å². The Morgan fingerprint density at radius 3 is 3.08 bits per heavy atom. The van der Waals surface area contributed by atoms with Crippen LogP contribution in [-0.4, -0.2) is 28.7 Å². The van der Waals surface area contributed by atoms with Crippen molar-refractivity contribution in [1.29, 1.82) is 0 Å². The van der Waals surface area contributed by atoms with Crippen LogP contribution in [0.1, 0.15) is 19.8 Å². The maximum absolute atomic E-state index is 9.15. The molecule has 1 aromatic rings. The average Bonchev–Trinajstić information content (AvgIpc) is 2.57. The maximum Gasteiger partial charge on any atom is 0.730 e. The summed E-state index contributed by atoms with van der Waals surface area (Å²) in [5.41, 5.74) is 0. The molecule has 0 spiro atoms. The summed E-state index contributed by atoms with van der Waals surface area (Å²) in [6.45, 7) is 2.54. The van der Waals surface area contributed by atoms with Gasteiger partial charge in [0.2, 0.25) is 0 Å². The van der Waals surface area contributed by atoms with E-state index < -0.39 is 7.32 Å². The van der Waals surface area contributed by atoms with Crippen LogP contribution in [-0.2, 0) is 4.65 Å². The highest BCUT2D eigenvalue weighted by Gasteiger charge is 2.17. The lowest BCUT2D eigenvalue weighted by molar-refractivity contribution is 0.119. The van der Waals surface area contributed by atoms with Crippen LogP contribution in [0.15, 0.2) is 18.7 Å². The molecular formula is C7H13BN2O3. The zero-order valence-corrected chi connectivity index (χ0v) is 7.59. The quantitative estimate of drug-likeness (QED) is 0.503. The molecule has 1 N–H and O–H groups in total. The highest BCUT2D eigenvalue weighted by atomic mass is 16.8. The van der Waals surface area contributed by atoms with Crippen molar-refractivity contribution in [2.75, 3.05) is 6.61 Å². The zero-order chi connectivity index (χ0) is 9.52. The number of hydrogen-bond donors (Lipinski definition) is 1. The number of imidazole rings is 1. The Morgan fingerprint density at radius 1 is 1.62 bits per heavy atom. The first kappa shape index (κ1) is 10.1. The van der Waals surface area contributed by atoms with Gasteiger partial charge in [0.15, 0.2) is 0 Å². The van der Waals surface area contributed by atoms with E-state index in [1.54, 1.807) is 12.4 Å². The van der Waals surface area contributed by atoms with Crippen LogP contribution in [0.25, 0.3) is 0 Å². The fourth-order valence-electron chi connectivity index (χ4n) is 0.772. The first-order valence-corrected chi connectivity index (χ1v) is 4.27. The molecule has 0 amide bonds. The molecule has 0 saturated carbocycles. The van der Waals surface area contributed by atoms with Crippen LogP contribution in [0.3, 0.4) is 0 Å². The van der Waals surface area contributed by atoms with Gasteiger partial charge in [-0.3, -0.25) is 0 Å². The van der Waals surface area contributed by atoms with Crippen molar-refractivity contribution in [1.82, 2.24) is 9.71 Å². The molecule has 0 saturated heterocycles. The Bertz CT molecular complexity index is 218. The molecule has 0 atom stereocenters.